The third-order valence-corrected chi connectivity index (χ3v) is 9.67. The maximum atomic E-state index is 15.4. The van der Waals surface area contributed by atoms with Crippen molar-refractivity contribution in [2.45, 2.75) is 58.4 Å². The molecule has 0 atom stereocenters. The molecule has 9 heteroatoms. The number of nitrogens with zero attached hydrogens (tertiary/aromatic N) is 5. The molecule has 1 aromatic carbocycles. The lowest BCUT2D eigenvalue weighted by molar-refractivity contribution is 0.0964. The molecule has 1 N–H and O–H groups in total. The highest BCUT2D eigenvalue weighted by Crippen LogP contribution is 2.37. The average Bonchev–Trinajstić information content (AvgIpc) is 3.39. The first kappa shape index (κ1) is 28.5. The number of anilines is 3. The molecule has 5 heterocycles. The van der Waals surface area contributed by atoms with Crippen molar-refractivity contribution in [2.75, 3.05) is 36.4 Å². The summed E-state index contributed by atoms with van der Waals surface area (Å²) in [6, 6.07) is 10.8. The summed E-state index contributed by atoms with van der Waals surface area (Å²) in [5.74, 6) is 0.566. The lowest BCUT2D eigenvalue weighted by Crippen LogP contribution is -2.44. The Balaban J connectivity index is 1.21. The second-order valence-corrected chi connectivity index (χ2v) is 12.3. The van der Waals surface area contributed by atoms with Gasteiger partial charge in [0, 0.05) is 62.8 Å². The van der Waals surface area contributed by atoms with E-state index in [-0.39, 0.29) is 11.5 Å². The number of aryl methyl sites for hydroxylation is 2. The predicted molar refractivity (Wildman–Crippen MR) is 172 cm³/mol. The first-order valence-electron chi connectivity index (χ1n) is 15.9. The summed E-state index contributed by atoms with van der Waals surface area (Å²) in [7, 11) is 1.69. The van der Waals surface area contributed by atoms with Crippen LogP contribution in [-0.2, 0) is 32.9 Å². The van der Waals surface area contributed by atoms with Gasteiger partial charge >= 0.3 is 0 Å². The van der Waals surface area contributed by atoms with Crippen molar-refractivity contribution < 1.29 is 9.18 Å². The molecule has 4 aromatic rings. The van der Waals surface area contributed by atoms with E-state index in [4.69, 9.17) is 0 Å². The Bertz CT molecular complexity index is 1800. The summed E-state index contributed by atoms with van der Waals surface area (Å²) < 4.78 is 19.0. The van der Waals surface area contributed by atoms with Gasteiger partial charge in [-0.2, -0.15) is 0 Å². The Morgan fingerprint density at radius 3 is 2.59 bits per heavy atom. The summed E-state index contributed by atoms with van der Waals surface area (Å²) in [4.78, 5) is 35.7. The molecule has 3 aliphatic rings. The number of fused-ring (bicyclic) bond motifs is 3. The zero-order valence-corrected chi connectivity index (χ0v) is 25.7. The number of likely N-dealkylation sites (tertiary alicyclic amines) is 1. The van der Waals surface area contributed by atoms with Crippen molar-refractivity contribution in [3.8, 4) is 11.1 Å². The molecule has 0 saturated carbocycles. The Morgan fingerprint density at radius 2 is 1.84 bits per heavy atom. The van der Waals surface area contributed by atoms with Crippen LogP contribution in [-0.4, -0.2) is 51.1 Å². The minimum Gasteiger partial charge on any atom is -0.339 e. The lowest BCUT2D eigenvalue weighted by Gasteiger charge is -2.38. The van der Waals surface area contributed by atoms with Crippen LogP contribution in [0, 0.1) is 5.82 Å². The number of carbonyl (C=O) groups is 1. The van der Waals surface area contributed by atoms with Crippen LogP contribution in [0.25, 0.3) is 11.1 Å². The third kappa shape index (κ3) is 4.93. The normalized spacial score (nSPS) is 16.9. The number of hydrogen-bond acceptors (Lipinski definition) is 5. The molecular weight excluding hydrogens is 555 g/mol. The molecule has 7 rings (SSSR count). The van der Waals surface area contributed by atoms with E-state index in [1.165, 1.54) is 33.5 Å². The van der Waals surface area contributed by atoms with Crippen LogP contribution in [0.3, 0.4) is 0 Å². The van der Waals surface area contributed by atoms with E-state index in [1.54, 1.807) is 24.2 Å². The van der Waals surface area contributed by atoms with Gasteiger partial charge < -0.3 is 24.3 Å². The van der Waals surface area contributed by atoms with Crippen molar-refractivity contribution >= 4 is 23.1 Å². The van der Waals surface area contributed by atoms with Gasteiger partial charge in [-0.25, -0.2) is 9.37 Å². The minimum absolute atomic E-state index is 0.0847. The summed E-state index contributed by atoms with van der Waals surface area (Å²) in [6.07, 6.45) is 8.52. The van der Waals surface area contributed by atoms with E-state index in [9.17, 15) is 9.59 Å². The molecule has 0 unspecified atom stereocenters. The van der Waals surface area contributed by atoms with Crippen LogP contribution in [0.1, 0.15) is 65.5 Å². The van der Waals surface area contributed by atoms with Crippen LogP contribution in [0.4, 0.5) is 21.6 Å². The highest BCUT2D eigenvalue weighted by Gasteiger charge is 2.32. The lowest BCUT2D eigenvalue weighted by atomic mass is 9.93. The SMILES string of the molecule is CCc1c(-c2cc(Nc3ccc(C4CN(CC)C4)cn3)c(=O)n(C)c2)cc(F)cc1N1CCn2c(cc3c2CCCC3)C1=O. The fourth-order valence-electron chi connectivity index (χ4n) is 7.21. The molecule has 2 aliphatic heterocycles. The molecule has 0 bridgehead atoms. The van der Waals surface area contributed by atoms with E-state index >= 15 is 4.39 Å². The molecular formula is C35H39FN6O2. The number of likely N-dealkylation sites (N-methyl/N-ethyl adjacent to an activating group) is 1. The number of aromatic nitrogens is 3. The molecule has 228 valence electrons. The van der Waals surface area contributed by atoms with Crippen molar-refractivity contribution in [3.63, 3.8) is 0 Å². The molecule has 1 amide bonds. The van der Waals surface area contributed by atoms with Crippen LogP contribution >= 0.6 is 0 Å². The van der Waals surface area contributed by atoms with Crippen molar-refractivity contribution in [1.82, 2.24) is 19.0 Å². The van der Waals surface area contributed by atoms with Crippen molar-refractivity contribution in [3.05, 3.63) is 93.0 Å². The standard InChI is InChI=1S/C35H39FN6O2/c1-4-27-28(16-26(36)17-31(27)42-13-12-41-30-9-7-6-8-22(30)15-32(41)35(42)44)24-14-29(34(43)39(3)19-24)38-33-11-10-23(18-37-33)25-20-40(5-2)21-25/h10-11,14-19,25H,4-9,12-13,20-21H2,1-3H3,(H,37,38). The number of pyridine rings is 2. The number of halogens is 1. The summed E-state index contributed by atoms with van der Waals surface area (Å²) in [5.41, 5.74) is 7.44. The van der Waals surface area contributed by atoms with E-state index in [0.717, 1.165) is 50.9 Å². The molecule has 1 saturated heterocycles. The smallest absolute Gasteiger partial charge is 0.274 e. The van der Waals surface area contributed by atoms with Gasteiger partial charge in [-0.15, -0.1) is 0 Å². The van der Waals surface area contributed by atoms with Crippen LogP contribution < -0.4 is 15.8 Å². The van der Waals surface area contributed by atoms with Crippen LogP contribution in [0.2, 0.25) is 0 Å². The second-order valence-electron chi connectivity index (χ2n) is 12.3. The maximum Gasteiger partial charge on any atom is 0.274 e. The van der Waals surface area contributed by atoms with E-state index < -0.39 is 5.82 Å². The molecule has 3 aromatic heterocycles. The van der Waals surface area contributed by atoms with E-state index in [1.807, 2.05) is 25.3 Å². The first-order chi connectivity index (χ1) is 21.3. The van der Waals surface area contributed by atoms with E-state index in [0.29, 0.717) is 59.4 Å². The number of hydrogen-bond donors (Lipinski definition) is 1. The van der Waals surface area contributed by atoms with Crippen molar-refractivity contribution in [2.24, 2.45) is 7.05 Å². The second kappa shape index (κ2) is 11.4. The van der Waals surface area contributed by atoms with Crippen LogP contribution in [0.5, 0.6) is 0 Å². The van der Waals surface area contributed by atoms with Crippen molar-refractivity contribution in [1.29, 1.82) is 0 Å². The van der Waals surface area contributed by atoms with Gasteiger partial charge in [0.2, 0.25) is 0 Å². The third-order valence-electron chi connectivity index (χ3n) is 9.67. The molecule has 1 fully saturated rings. The molecule has 0 spiro atoms. The number of amides is 1. The summed E-state index contributed by atoms with van der Waals surface area (Å²) >= 11 is 0. The Hall–Kier alpha value is -4.24. The zero-order chi connectivity index (χ0) is 30.5. The quantitative estimate of drug-likeness (QED) is 0.299. The van der Waals surface area contributed by atoms with Gasteiger partial charge in [0.05, 0.1) is 5.69 Å². The Labute approximate surface area is 257 Å². The first-order valence-corrected chi connectivity index (χ1v) is 15.9. The van der Waals surface area contributed by atoms with Gasteiger partial charge in [-0.05, 0) is 91.2 Å². The number of rotatable bonds is 7. The molecule has 1 aliphatic carbocycles. The highest BCUT2D eigenvalue weighted by molar-refractivity contribution is 6.07. The zero-order valence-electron chi connectivity index (χ0n) is 25.7. The monoisotopic (exact) mass is 594 g/mol. The summed E-state index contributed by atoms with van der Waals surface area (Å²) in [5, 5.41) is 3.20. The van der Waals surface area contributed by atoms with Gasteiger partial charge in [-0.1, -0.05) is 19.9 Å². The van der Waals surface area contributed by atoms with Gasteiger partial charge in [0.15, 0.2) is 0 Å². The number of benzene rings is 1. The maximum absolute atomic E-state index is 15.4. The largest absolute Gasteiger partial charge is 0.339 e. The highest BCUT2D eigenvalue weighted by atomic mass is 19.1. The fourth-order valence-corrected chi connectivity index (χ4v) is 7.21. The molecule has 44 heavy (non-hydrogen) atoms. The predicted octanol–water partition coefficient (Wildman–Crippen LogP) is 5.65. The number of nitrogens with one attached hydrogen (secondary N) is 1. The fraction of sp³-hybridized carbons (Fsp3) is 0.400. The molecule has 8 nitrogen and oxygen atoms in total. The van der Waals surface area contributed by atoms with E-state index in [2.05, 4.69) is 32.8 Å². The van der Waals surface area contributed by atoms with Gasteiger partial charge in [0.25, 0.3) is 11.5 Å². The molecule has 0 radical (unpaired) electrons. The number of carbonyl (C=O) groups excluding carboxylic acids is 1. The summed E-state index contributed by atoms with van der Waals surface area (Å²) in [6.45, 7) is 8.51. The average molecular weight is 595 g/mol. The van der Waals surface area contributed by atoms with Crippen LogP contribution in [0.15, 0.2) is 53.6 Å². The van der Waals surface area contributed by atoms with Gasteiger partial charge in [0.1, 0.15) is 23.0 Å². The topological polar surface area (TPSA) is 75.4 Å². The Morgan fingerprint density at radius 1 is 1.02 bits per heavy atom. The minimum atomic E-state index is -0.418. The van der Waals surface area contributed by atoms with Gasteiger partial charge in [-0.3, -0.25) is 9.59 Å². The Kier molecular flexibility index (Phi) is 7.36.